The van der Waals surface area contributed by atoms with Gasteiger partial charge >= 0.3 is 0 Å². The zero-order valence-electron chi connectivity index (χ0n) is 11.9. The Bertz CT molecular complexity index is 387. The molecule has 3 nitrogen and oxygen atoms in total. The number of rotatable bonds is 5. The topological polar surface area (TPSA) is 28.2 Å². The normalized spacial score (nSPS) is 19.3. The van der Waals surface area contributed by atoms with Crippen LogP contribution in [0.3, 0.4) is 0 Å². The summed E-state index contributed by atoms with van der Waals surface area (Å²) in [7, 11) is 0. The van der Waals surface area contributed by atoms with Gasteiger partial charge in [-0.15, -0.1) is 0 Å². The van der Waals surface area contributed by atoms with Crippen molar-refractivity contribution in [2.45, 2.75) is 40.3 Å². The first-order valence-corrected chi connectivity index (χ1v) is 6.96. The summed E-state index contributed by atoms with van der Waals surface area (Å²) < 4.78 is 0. The van der Waals surface area contributed by atoms with Crippen LogP contribution in [0.5, 0.6) is 0 Å². The average Bonchev–Trinajstić information content (AvgIpc) is 2.68. The molecule has 1 aliphatic rings. The number of likely N-dealkylation sites (tertiary alicyclic amines) is 1. The maximum atomic E-state index is 4.56. The Balaban J connectivity index is 2.00. The van der Waals surface area contributed by atoms with Crippen LogP contribution in [-0.2, 0) is 13.1 Å². The van der Waals surface area contributed by atoms with Crippen molar-refractivity contribution in [1.29, 1.82) is 0 Å². The van der Waals surface area contributed by atoms with E-state index in [4.69, 9.17) is 0 Å². The second-order valence-corrected chi connectivity index (χ2v) is 6.01. The van der Waals surface area contributed by atoms with Gasteiger partial charge < -0.3 is 5.32 Å². The van der Waals surface area contributed by atoms with Crippen LogP contribution in [0.15, 0.2) is 18.3 Å². The van der Waals surface area contributed by atoms with E-state index in [1.165, 1.54) is 30.8 Å². The Hall–Kier alpha value is -0.930. The van der Waals surface area contributed by atoms with Gasteiger partial charge in [-0.2, -0.15) is 0 Å². The van der Waals surface area contributed by atoms with Gasteiger partial charge in [0.2, 0.25) is 0 Å². The minimum Gasteiger partial charge on any atom is -0.313 e. The van der Waals surface area contributed by atoms with Crippen LogP contribution < -0.4 is 5.32 Å². The number of hydrogen-bond acceptors (Lipinski definition) is 3. The number of pyridine rings is 1. The van der Waals surface area contributed by atoms with Crippen molar-refractivity contribution in [2.24, 2.45) is 5.41 Å². The molecule has 1 N–H and O–H groups in total. The molecule has 0 aromatic carbocycles. The van der Waals surface area contributed by atoms with Gasteiger partial charge in [0.1, 0.15) is 0 Å². The number of hydrogen-bond donors (Lipinski definition) is 1. The lowest BCUT2D eigenvalue weighted by atomic mass is 9.93. The van der Waals surface area contributed by atoms with Crippen LogP contribution in [0.25, 0.3) is 0 Å². The average molecular weight is 247 g/mol. The highest BCUT2D eigenvalue weighted by Gasteiger charge is 2.29. The quantitative estimate of drug-likeness (QED) is 0.866. The summed E-state index contributed by atoms with van der Waals surface area (Å²) in [4.78, 5) is 7.09. The summed E-state index contributed by atoms with van der Waals surface area (Å²) in [6.07, 6.45) is 3.20. The van der Waals surface area contributed by atoms with E-state index in [1.54, 1.807) is 0 Å². The molecule has 0 amide bonds. The first-order valence-electron chi connectivity index (χ1n) is 6.96. The Morgan fingerprint density at radius 1 is 1.44 bits per heavy atom. The Kier molecular flexibility index (Phi) is 4.36. The summed E-state index contributed by atoms with van der Waals surface area (Å²) in [5.41, 5.74) is 3.04. The second kappa shape index (κ2) is 5.81. The van der Waals surface area contributed by atoms with Gasteiger partial charge in [0.25, 0.3) is 0 Å². The molecule has 1 aromatic rings. The minimum atomic E-state index is 0.469. The van der Waals surface area contributed by atoms with Gasteiger partial charge in [0, 0.05) is 25.8 Å². The van der Waals surface area contributed by atoms with Crippen molar-refractivity contribution < 1.29 is 0 Å². The fourth-order valence-corrected chi connectivity index (χ4v) is 2.61. The molecule has 0 saturated carbocycles. The standard InChI is InChI=1S/C15H25N3/c1-4-16-10-13-6-5-8-17-14(13)11-18-9-7-15(2,3)12-18/h5-6,8,16H,4,7,9-12H2,1-3H3. The van der Waals surface area contributed by atoms with Crippen molar-refractivity contribution in [1.82, 2.24) is 15.2 Å². The summed E-state index contributed by atoms with van der Waals surface area (Å²) in [5, 5.41) is 3.39. The summed E-state index contributed by atoms with van der Waals surface area (Å²) in [6.45, 7) is 12.1. The van der Waals surface area contributed by atoms with Crippen molar-refractivity contribution in [3.8, 4) is 0 Å². The third-order valence-electron chi connectivity index (χ3n) is 3.68. The van der Waals surface area contributed by atoms with Crippen molar-refractivity contribution in [3.63, 3.8) is 0 Å². The zero-order valence-corrected chi connectivity index (χ0v) is 11.9. The van der Waals surface area contributed by atoms with Crippen molar-refractivity contribution >= 4 is 0 Å². The van der Waals surface area contributed by atoms with Crippen LogP contribution in [-0.4, -0.2) is 29.5 Å². The fraction of sp³-hybridized carbons (Fsp3) is 0.667. The number of nitrogens with zero attached hydrogens (tertiary/aromatic N) is 2. The molecule has 2 heterocycles. The first kappa shape index (κ1) is 13.5. The zero-order chi connectivity index (χ0) is 13.0. The summed E-state index contributed by atoms with van der Waals surface area (Å²) in [6, 6.07) is 4.22. The molecule has 2 rings (SSSR count). The summed E-state index contributed by atoms with van der Waals surface area (Å²) >= 11 is 0. The van der Waals surface area contributed by atoms with E-state index < -0.39 is 0 Å². The summed E-state index contributed by atoms with van der Waals surface area (Å²) in [5.74, 6) is 0. The third-order valence-corrected chi connectivity index (χ3v) is 3.68. The molecule has 18 heavy (non-hydrogen) atoms. The Morgan fingerprint density at radius 3 is 2.94 bits per heavy atom. The molecule has 0 unspecified atom stereocenters. The highest BCUT2D eigenvalue weighted by atomic mass is 15.2. The van der Waals surface area contributed by atoms with E-state index >= 15 is 0 Å². The highest BCUT2D eigenvalue weighted by Crippen LogP contribution is 2.29. The molecule has 1 saturated heterocycles. The highest BCUT2D eigenvalue weighted by molar-refractivity contribution is 5.19. The van der Waals surface area contributed by atoms with Crippen molar-refractivity contribution in [2.75, 3.05) is 19.6 Å². The third kappa shape index (κ3) is 3.53. The molecule has 0 aliphatic carbocycles. The largest absolute Gasteiger partial charge is 0.313 e. The maximum absolute atomic E-state index is 4.56. The van der Waals surface area contributed by atoms with Crippen molar-refractivity contribution in [3.05, 3.63) is 29.6 Å². The van der Waals surface area contributed by atoms with Crippen LogP contribution in [0, 0.1) is 5.41 Å². The monoisotopic (exact) mass is 247 g/mol. The molecular formula is C15H25N3. The molecule has 0 spiro atoms. The van der Waals surface area contributed by atoms with Gasteiger partial charge in [0.15, 0.2) is 0 Å². The Morgan fingerprint density at radius 2 is 2.28 bits per heavy atom. The fourth-order valence-electron chi connectivity index (χ4n) is 2.61. The van der Waals surface area contributed by atoms with Gasteiger partial charge in [-0.05, 0) is 36.6 Å². The SMILES string of the molecule is CCNCc1cccnc1CN1CCC(C)(C)C1. The van der Waals surface area contributed by atoms with Gasteiger partial charge in [-0.25, -0.2) is 0 Å². The number of nitrogens with one attached hydrogen (secondary N) is 1. The van der Waals surface area contributed by atoms with Crippen LogP contribution in [0.4, 0.5) is 0 Å². The molecule has 1 fully saturated rings. The van der Waals surface area contributed by atoms with Gasteiger partial charge in [0.05, 0.1) is 5.69 Å². The molecule has 0 radical (unpaired) electrons. The first-order chi connectivity index (χ1) is 8.61. The smallest absolute Gasteiger partial charge is 0.0588 e. The van der Waals surface area contributed by atoms with Crippen LogP contribution >= 0.6 is 0 Å². The molecule has 0 atom stereocenters. The molecule has 3 heteroatoms. The predicted octanol–water partition coefficient (Wildman–Crippen LogP) is 2.42. The Labute approximate surface area is 111 Å². The van der Waals surface area contributed by atoms with E-state index in [1.807, 2.05) is 12.3 Å². The lowest BCUT2D eigenvalue weighted by Crippen LogP contribution is -2.24. The van der Waals surface area contributed by atoms with Crippen LogP contribution in [0.1, 0.15) is 38.4 Å². The van der Waals surface area contributed by atoms with E-state index in [0.29, 0.717) is 5.41 Å². The lowest BCUT2D eigenvalue weighted by Gasteiger charge is -2.20. The number of aromatic nitrogens is 1. The second-order valence-electron chi connectivity index (χ2n) is 6.01. The molecule has 100 valence electrons. The van der Waals surface area contributed by atoms with Gasteiger partial charge in [-0.3, -0.25) is 9.88 Å². The van der Waals surface area contributed by atoms with E-state index in [0.717, 1.165) is 19.6 Å². The molecular weight excluding hydrogens is 222 g/mol. The van der Waals surface area contributed by atoms with E-state index in [-0.39, 0.29) is 0 Å². The van der Waals surface area contributed by atoms with Gasteiger partial charge in [-0.1, -0.05) is 26.8 Å². The minimum absolute atomic E-state index is 0.469. The maximum Gasteiger partial charge on any atom is 0.0588 e. The van der Waals surface area contributed by atoms with E-state index in [2.05, 4.69) is 42.0 Å². The molecule has 1 aromatic heterocycles. The predicted molar refractivity (Wildman–Crippen MR) is 75.3 cm³/mol. The lowest BCUT2D eigenvalue weighted by molar-refractivity contribution is 0.280. The molecule has 0 bridgehead atoms. The van der Waals surface area contributed by atoms with Crippen LogP contribution in [0.2, 0.25) is 0 Å². The van der Waals surface area contributed by atoms with E-state index in [9.17, 15) is 0 Å². The molecule has 1 aliphatic heterocycles.